The third-order valence-electron chi connectivity index (χ3n) is 4.75. The van der Waals surface area contributed by atoms with E-state index >= 15 is 0 Å². The molecule has 1 atom stereocenters. The standard InChI is InChI=1S/C21H13FN4O5/c22-14-6-2-13(3-7-14)18(27)16-17(12-4-8-15(9-5-12)26(30)31)25(20(29)19(16)28)21-23-10-1-11-24-21/h1-11,17,27H. The lowest BCUT2D eigenvalue weighted by Crippen LogP contribution is -2.31. The lowest BCUT2D eigenvalue weighted by Gasteiger charge is -2.23. The summed E-state index contributed by atoms with van der Waals surface area (Å²) >= 11 is 0. The molecular formula is C21H13FN4O5. The van der Waals surface area contributed by atoms with Gasteiger partial charge in [0.05, 0.1) is 16.5 Å². The summed E-state index contributed by atoms with van der Waals surface area (Å²) in [5.74, 6) is -3.09. The summed E-state index contributed by atoms with van der Waals surface area (Å²) in [6.07, 6.45) is 2.77. The number of hydrogen-bond acceptors (Lipinski definition) is 7. The van der Waals surface area contributed by atoms with E-state index in [1.54, 1.807) is 0 Å². The minimum atomic E-state index is -1.15. The number of aliphatic hydroxyl groups excluding tert-OH is 1. The van der Waals surface area contributed by atoms with Crippen LogP contribution in [0.2, 0.25) is 0 Å². The second-order valence-corrected chi connectivity index (χ2v) is 6.57. The Hall–Kier alpha value is -4.47. The number of carbonyl (C=O) groups is 2. The number of nitrogens with zero attached hydrogens (tertiary/aromatic N) is 4. The van der Waals surface area contributed by atoms with Crippen LogP contribution in [0.3, 0.4) is 0 Å². The third-order valence-corrected chi connectivity index (χ3v) is 4.75. The number of Topliss-reactive ketones (excluding diaryl/α,β-unsaturated/α-hetero) is 1. The van der Waals surface area contributed by atoms with Crippen molar-refractivity contribution in [3.63, 3.8) is 0 Å². The SMILES string of the molecule is O=C1C(=O)N(c2ncccn2)C(c2ccc([N+](=O)[O-])cc2)C1=C(O)c1ccc(F)cc1. The minimum Gasteiger partial charge on any atom is -0.507 e. The Morgan fingerprint density at radius 3 is 2.23 bits per heavy atom. The van der Waals surface area contributed by atoms with Crippen molar-refractivity contribution in [2.45, 2.75) is 6.04 Å². The summed E-state index contributed by atoms with van der Waals surface area (Å²) in [5, 5.41) is 21.8. The molecule has 9 nitrogen and oxygen atoms in total. The molecule has 1 aromatic heterocycles. The molecule has 1 aliphatic heterocycles. The zero-order chi connectivity index (χ0) is 22.1. The molecule has 31 heavy (non-hydrogen) atoms. The van der Waals surface area contributed by atoms with Crippen LogP contribution in [-0.2, 0) is 9.59 Å². The number of anilines is 1. The van der Waals surface area contributed by atoms with Crippen LogP contribution in [0.1, 0.15) is 17.2 Å². The predicted octanol–water partition coefficient (Wildman–Crippen LogP) is 3.15. The minimum absolute atomic E-state index is 0.0777. The molecule has 1 aliphatic rings. The number of ketones is 1. The number of hydrogen-bond donors (Lipinski definition) is 1. The molecule has 1 unspecified atom stereocenters. The summed E-state index contributed by atoms with van der Waals surface area (Å²) in [6, 6.07) is 10.3. The average molecular weight is 420 g/mol. The van der Waals surface area contributed by atoms with Crippen LogP contribution in [0.25, 0.3) is 5.76 Å². The number of nitro benzene ring substituents is 1. The van der Waals surface area contributed by atoms with Gasteiger partial charge in [0.25, 0.3) is 11.5 Å². The molecule has 2 heterocycles. The molecule has 10 heteroatoms. The van der Waals surface area contributed by atoms with Crippen LogP contribution < -0.4 is 4.90 Å². The van der Waals surface area contributed by atoms with Crippen molar-refractivity contribution < 1.29 is 24.0 Å². The molecule has 0 bridgehead atoms. The number of aromatic nitrogens is 2. The van der Waals surface area contributed by atoms with Gasteiger partial charge in [0, 0.05) is 30.1 Å². The van der Waals surface area contributed by atoms with E-state index in [2.05, 4.69) is 9.97 Å². The number of non-ortho nitro benzene ring substituents is 1. The normalized spacial score (nSPS) is 17.7. The van der Waals surface area contributed by atoms with Crippen LogP contribution in [0, 0.1) is 15.9 Å². The van der Waals surface area contributed by atoms with Gasteiger partial charge in [-0.2, -0.15) is 0 Å². The average Bonchev–Trinajstić information content (AvgIpc) is 3.05. The van der Waals surface area contributed by atoms with Crippen LogP contribution in [0.4, 0.5) is 16.0 Å². The van der Waals surface area contributed by atoms with Crippen molar-refractivity contribution in [1.82, 2.24) is 9.97 Å². The molecule has 154 valence electrons. The van der Waals surface area contributed by atoms with E-state index in [-0.39, 0.29) is 22.8 Å². The van der Waals surface area contributed by atoms with Gasteiger partial charge in [-0.15, -0.1) is 0 Å². The Morgan fingerprint density at radius 2 is 1.65 bits per heavy atom. The topological polar surface area (TPSA) is 127 Å². The highest BCUT2D eigenvalue weighted by Gasteiger charge is 2.48. The van der Waals surface area contributed by atoms with Crippen LogP contribution >= 0.6 is 0 Å². The quantitative estimate of drug-likeness (QED) is 0.226. The first-order valence-corrected chi connectivity index (χ1v) is 8.97. The van der Waals surface area contributed by atoms with Crippen molar-refractivity contribution in [2.24, 2.45) is 0 Å². The molecule has 4 rings (SSSR count). The monoisotopic (exact) mass is 420 g/mol. The smallest absolute Gasteiger partial charge is 0.302 e. The highest BCUT2D eigenvalue weighted by molar-refractivity contribution is 6.51. The second kappa shape index (κ2) is 7.75. The maximum absolute atomic E-state index is 13.3. The fourth-order valence-electron chi connectivity index (χ4n) is 3.31. The van der Waals surface area contributed by atoms with Gasteiger partial charge in [-0.25, -0.2) is 14.4 Å². The van der Waals surface area contributed by atoms with Crippen molar-refractivity contribution in [1.29, 1.82) is 0 Å². The number of rotatable bonds is 4. The Bertz CT molecular complexity index is 1210. The van der Waals surface area contributed by atoms with E-state index in [4.69, 9.17) is 0 Å². The Kier molecular flexibility index (Phi) is 4.96. The van der Waals surface area contributed by atoms with Gasteiger partial charge < -0.3 is 5.11 Å². The predicted molar refractivity (Wildman–Crippen MR) is 106 cm³/mol. The molecule has 2 aromatic carbocycles. The molecular weight excluding hydrogens is 407 g/mol. The summed E-state index contributed by atoms with van der Waals surface area (Å²) in [5.41, 5.74) is -0.00526. The van der Waals surface area contributed by atoms with Gasteiger partial charge in [-0.1, -0.05) is 0 Å². The van der Waals surface area contributed by atoms with Gasteiger partial charge in [-0.05, 0) is 48.0 Å². The van der Waals surface area contributed by atoms with E-state index in [0.717, 1.165) is 17.0 Å². The van der Waals surface area contributed by atoms with Crippen molar-refractivity contribution in [2.75, 3.05) is 4.90 Å². The number of carbonyl (C=O) groups excluding carboxylic acids is 2. The van der Waals surface area contributed by atoms with E-state index in [0.29, 0.717) is 5.56 Å². The van der Waals surface area contributed by atoms with Crippen molar-refractivity contribution >= 4 is 29.1 Å². The summed E-state index contributed by atoms with van der Waals surface area (Å²) in [7, 11) is 0. The highest BCUT2D eigenvalue weighted by atomic mass is 19.1. The zero-order valence-corrected chi connectivity index (χ0v) is 15.7. The fourth-order valence-corrected chi connectivity index (χ4v) is 3.31. The van der Waals surface area contributed by atoms with Crippen LogP contribution in [-0.4, -0.2) is 31.7 Å². The Morgan fingerprint density at radius 1 is 1.03 bits per heavy atom. The van der Waals surface area contributed by atoms with Gasteiger partial charge in [0.15, 0.2) is 0 Å². The lowest BCUT2D eigenvalue weighted by atomic mass is 9.95. The molecule has 1 fully saturated rings. The second-order valence-electron chi connectivity index (χ2n) is 6.57. The van der Waals surface area contributed by atoms with E-state index in [9.17, 15) is 29.2 Å². The molecule has 1 amide bonds. The van der Waals surface area contributed by atoms with Crippen molar-refractivity contribution in [3.05, 3.63) is 99.6 Å². The van der Waals surface area contributed by atoms with Gasteiger partial charge >= 0.3 is 5.91 Å². The molecule has 1 N–H and O–H groups in total. The Balaban J connectivity index is 1.92. The molecule has 0 saturated carbocycles. The first kappa shape index (κ1) is 19.8. The molecule has 1 saturated heterocycles. The summed E-state index contributed by atoms with van der Waals surface area (Å²) in [4.78, 5) is 45.2. The number of halogens is 1. The lowest BCUT2D eigenvalue weighted by molar-refractivity contribution is -0.384. The summed E-state index contributed by atoms with van der Waals surface area (Å²) in [6.45, 7) is 0. The fraction of sp³-hybridized carbons (Fsp3) is 0.0476. The Labute approximate surface area is 174 Å². The largest absolute Gasteiger partial charge is 0.507 e. The maximum atomic E-state index is 13.3. The number of nitro groups is 1. The number of benzene rings is 2. The van der Waals surface area contributed by atoms with Gasteiger partial charge in [0.2, 0.25) is 5.95 Å². The first-order valence-electron chi connectivity index (χ1n) is 8.97. The molecule has 0 spiro atoms. The van der Waals surface area contributed by atoms with E-state index in [1.165, 1.54) is 54.9 Å². The zero-order valence-electron chi connectivity index (χ0n) is 15.7. The highest BCUT2D eigenvalue weighted by Crippen LogP contribution is 2.41. The molecule has 0 radical (unpaired) electrons. The van der Waals surface area contributed by atoms with Gasteiger partial charge in [-0.3, -0.25) is 24.6 Å². The summed E-state index contributed by atoms with van der Waals surface area (Å²) < 4.78 is 13.3. The van der Waals surface area contributed by atoms with Crippen LogP contribution in [0.15, 0.2) is 72.6 Å². The number of aliphatic hydroxyl groups is 1. The maximum Gasteiger partial charge on any atom is 0.302 e. The van der Waals surface area contributed by atoms with Gasteiger partial charge in [0.1, 0.15) is 11.6 Å². The third kappa shape index (κ3) is 3.50. The first-order chi connectivity index (χ1) is 14.9. The molecule has 3 aromatic rings. The van der Waals surface area contributed by atoms with Crippen molar-refractivity contribution in [3.8, 4) is 0 Å². The van der Waals surface area contributed by atoms with E-state index < -0.39 is 34.2 Å². The van der Waals surface area contributed by atoms with E-state index in [1.807, 2.05) is 0 Å². The molecule has 0 aliphatic carbocycles. The van der Waals surface area contributed by atoms with Crippen LogP contribution in [0.5, 0.6) is 0 Å². The number of amides is 1.